The lowest BCUT2D eigenvalue weighted by atomic mass is 9.99. The summed E-state index contributed by atoms with van der Waals surface area (Å²) in [5, 5.41) is 6.08. The van der Waals surface area contributed by atoms with Crippen molar-refractivity contribution in [3.05, 3.63) is 18.2 Å². The summed E-state index contributed by atoms with van der Waals surface area (Å²) in [6.45, 7) is 6.84. The van der Waals surface area contributed by atoms with E-state index in [1.165, 1.54) is 0 Å². The van der Waals surface area contributed by atoms with Crippen molar-refractivity contribution in [3.8, 4) is 11.5 Å². The Kier molecular flexibility index (Phi) is 5.24. The summed E-state index contributed by atoms with van der Waals surface area (Å²) in [7, 11) is 0. The molecule has 0 aromatic heterocycles. The molecule has 1 amide bonds. The predicted molar refractivity (Wildman–Crippen MR) is 78.4 cm³/mol. The molecular formula is C15H22N2O3. The molecule has 5 heteroatoms. The third kappa shape index (κ3) is 3.87. The predicted octanol–water partition coefficient (Wildman–Crippen LogP) is 2.03. The quantitative estimate of drug-likeness (QED) is 0.801. The number of benzene rings is 1. The van der Waals surface area contributed by atoms with Crippen LogP contribution in [0, 0.1) is 5.92 Å². The van der Waals surface area contributed by atoms with E-state index in [2.05, 4.69) is 10.6 Å². The van der Waals surface area contributed by atoms with Gasteiger partial charge in [-0.1, -0.05) is 0 Å². The normalized spacial score (nSPS) is 14.5. The number of amides is 1. The maximum absolute atomic E-state index is 12.0. The van der Waals surface area contributed by atoms with Gasteiger partial charge in [-0.25, -0.2) is 0 Å². The van der Waals surface area contributed by atoms with Gasteiger partial charge in [-0.05, 0) is 45.0 Å². The highest BCUT2D eigenvalue weighted by molar-refractivity contribution is 5.92. The minimum atomic E-state index is 0.0195. The zero-order valence-corrected chi connectivity index (χ0v) is 12.1. The molecule has 0 spiro atoms. The number of hydrogen-bond acceptors (Lipinski definition) is 4. The van der Waals surface area contributed by atoms with Crippen LogP contribution in [-0.2, 0) is 4.79 Å². The van der Waals surface area contributed by atoms with E-state index >= 15 is 0 Å². The van der Waals surface area contributed by atoms with Crippen LogP contribution in [0.2, 0.25) is 0 Å². The molecule has 1 aliphatic rings. The molecule has 0 atom stereocenters. The monoisotopic (exact) mass is 278 g/mol. The van der Waals surface area contributed by atoms with E-state index in [0.717, 1.165) is 18.8 Å². The molecule has 1 fully saturated rings. The van der Waals surface area contributed by atoms with Crippen molar-refractivity contribution in [2.75, 3.05) is 31.6 Å². The smallest absolute Gasteiger partial charge is 0.224 e. The van der Waals surface area contributed by atoms with Gasteiger partial charge in [-0.2, -0.15) is 0 Å². The largest absolute Gasteiger partial charge is 0.494 e. The molecule has 5 nitrogen and oxygen atoms in total. The van der Waals surface area contributed by atoms with E-state index in [4.69, 9.17) is 9.47 Å². The maximum Gasteiger partial charge on any atom is 0.224 e. The number of ether oxygens (including phenoxy) is 2. The molecule has 0 unspecified atom stereocenters. The molecule has 0 saturated carbocycles. The second-order valence-electron chi connectivity index (χ2n) is 4.80. The van der Waals surface area contributed by atoms with Crippen LogP contribution in [0.25, 0.3) is 0 Å². The number of nitrogens with one attached hydrogen (secondary N) is 2. The highest BCUT2D eigenvalue weighted by atomic mass is 16.5. The van der Waals surface area contributed by atoms with Gasteiger partial charge in [0.25, 0.3) is 0 Å². The van der Waals surface area contributed by atoms with Gasteiger partial charge in [0.05, 0.1) is 18.9 Å². The first-order chi connectivity index (χ1) is 9.72. The van der Waals surface area contributed by atoms with Gasteiger partial charge in [-0.15, -0.1) is 0 Å². The molecule has 0 bridgehead atoms. The highest BCUT2D eigenvalue weighted by Crippen LogP contribution is 2.29. The minimum Gasteiger partial charge on any atom is -0.494 e. The van der Waals surface area contributed by atoms with Crippen LogP contribution in [0.1, 0.15) is 20.3 Å². The molecule has 110 valence electrons. The minimum absolute atomic E-state index is 0.0195. The summed E-state index contributed by atoms with van der Waals surface area (Å²) in [5.74, 6) is 1.87. The first kappa shape index (κ1) is 14.7. The molecule has 20 heavy (non-hydrogen) atoms. The summed E-state index contributed by atoms with van der Waals surface area (Å²) >= 11 is 0. The number of hydrogen-bond donors (Lipinski definition) is 2. The molecule has 1 aromatic rings. The van der Waals surface area contributed by atoms with Crippen LogP contribution in [0.4, 0.5) is 5.69 Å². The summed E-state index contributed by atoms with van der Waals surface area (Å²) in [6, 6.07) is 5.49. The second-order valence-corrected chi connectivity index (χ2v) is 4.80. The molecule has 0 radical (unpaired) electrons. The van der Waals surface area contributed by atoms with E-state index < -0.39 is 0 Å². The zero-order chi connectivity index (χ0) is 14.4. The van der Waals surface area contributed by atoms with Gasteiger partial charge in [0.15, 0.2) is 0 Å². The molecule has 1 aromatic carbocycles. The van der Waals surface area contributed by atoms with Crippen LogP contribution < -0.4 is 20.1 Å². The average molecular weight is 278 g/mol. The van der Waals surface area contributed by atoms with Crippen LogP contribution >= 0.6 is 0 Å². The van der Waals surface area contributed by atoms with Crippen LogP contribution in [0.15, 0.2) is 18.2 Å². The van der Waals surface area contributed by atoms with Gasteiger partial charge in [0.1, 0.15) is 11.5 Å². The Morgan fingerprint density at radius 3 is 2.65 bits per heavy atom. The van der Waals surface area contributed by atoms with Crippen molar-refractivity contribution >= 4 is 11.6 Å². The molecular weight excluding hydrogens is 256 g/mol. The van der Waals surface area contributed by atoms with Gasteiger partial charge in [0.2, 0.25) is 5.91 Å². The van der Waals surface area contributed by atoms with Crippen molar-refractivity contribution in [3.63, 3.8) is 0 Å². The Hall–Kier alpha value is -1.75. The third-order valence-electron chi connectivity index (χ3n) is 3.18. The fraction of sp³-hybridized carbons (Fsp3) is 0.533. The van der Waals surface area contributed by atoms with Crippen molar-refractivity contribution < 1.29 is 14.3 Å². The third-order valence-corrected chi connectivity index (χ3v) is 3.18. The van der Waals surface area contributed by atoms with Crippen molar-refractivity contribution in [2.45, 2.75) is 20.3 Å². The van der Waals surface area contributed by atoms with Gasteiger partial charge >= 0.3 is 0 Å². The standard InChI is InChI=1S/C15H22N2O3/c1-3-19-12-5-6-14(20-4-2)13(8-12)17-15(18)7-11-9-16-10-11/h5-6,8,11,16H,3-4,7,9-10H2,1-2H3,(H,17,18). The van der Waals surface area contributed by atoms with E-state index in [0.29, 0.717) is 37.0 Å². The average Bonchev–Trinajstić information content (AvgIpc) is 2.38. The van der Waals surface area contributed by atoms with Crippen LogP contribution in [0.3, 0.4) is 0 Å². The molecule has 2 N–H and O–H groups in total. The van der Waals surface area contributed by atoms with E-state index in [9.17, 15) is 4.79 Å². The number of carbonyl (C=O) groups excluding carboxylic acids is 1. The van der Waals surface area contributed by atoms with Gasteiger partial charge in [-0.3, -0.25) is 4.79 Å². The second kappa shape index (κ2) is 7.14. The SMILES string of the molecule is CCOc1ccc(OCC)c(NC(=O)CC2CNC2)c1. The van der Waals surface area contributed by atoms with E-state index in [-0.39, 0.29) is 5.91 Å². The van der Waals surface area contributed by atoms with Crippen LogP contribution in [-0.4, -0.2) is 32.2 Å². The Bertz CT molecular complexity index is 458. The van der Waals surface area contributed by atoms with Crippen molar-refractivity contribution in [2.24, 2.45) is 5.92 Å². The van der Waals surface area contributed by atoms with Crippen molar-refractivity contribution in [1.29, 1.82) is 0 Å². The molecule has 1 heterocycles. The number of rotatable bonds is 7. The van der Waals surface area contributed by atoms with E-state index in [1.54, 1.807) is 0 Å². The number of carbonyl (C=O) groups is 1. The Morgan fingerprint density at radius 1 is 1.30 bits per heavy atom. The maximum atomic E-state index is 12.0. The fourth-order valence-electron chi connectivity index (χ4n) is 2.10. The molecule has 0 aliphatic carbocycles. The fourth-order valence-corrected chi connectivity index (χ4v) is 2.10. The lowest BCUT2D eigenvalue weighted by molar-refractivity contribution is -0.117. The molecule has 1 aliphatic heterocycles. The lowest BCUT2D eigenvalue weighted by Crippen LogP contribution is -2.43. The Labute approximate surface area is 119 Å². The summed E-state index contributed by atoms with van der Waals surface area (Å²) < 4.78 is 11.0. The summed E-state index contributed by atoms with van der Waals surface area (Å²) in [4.78, 5) is 12.0. The first-order valence-electron chi connectivity index (χ1n) is 7.13. The summed E-state index contributed by atoms with van der Waals surface area (Å²) in [6.07, 6.45) is 0.539. The van der Waals surface area contributed by atoms with Gasteiger partial charge in [0, 0.05) is 12.5 Å². The highest BCUT2D eigenvalue weighted by Gasteiger charge is 2.20. The van der Waals surface area contributed by atoms with E-state index in [1.807, 2.05) is 32.0 Å². The number of anilines is 1. The van der Waals surface area contributed by atoms with Crippen LogP contribution in [0.5, 0.6) is 11.5 Å². The summed E-state index contributed by atoms with van der Waals surface area (Å²) in [5.41, 5.74) is 0.676. The topological polar surface area (TPSA) is 59.6 Å². The van der Waals surface area contributed by atoms with Crippen molar-refractivity contribution in [1.82, 2.24) is 5.32 Å². The van der Waals surface area contributed by atoms with Gasteiger partial charge < -0.3 is 20.1 Å². The Morgan fingerprint density at radius 2 is 2.05 bits per heavy atom. The Balaban J connectivity index is 2.05. The lowest BCUT2D eigenvalue weighted by Gasteiger charge is -2.26. The first-order valence-corrected chi connectivity index (χ1v) is 7.13. The molecule has 2 rings (SSSR count). The molecule has 1 saturated heterocycles. The zero-order valence-electron chi connectivity index (χ0n) is 12.1.